The first-order valence-electron chi connectivity index (χ1n) is 9.32. The summed E-state index contributed by atoms with van der Waals surface area (Å²) in [4.78, 5) is 34.8. The molecule has 0 spiro atoms. The highest BCUT2D eigenvalue weighted by atomic mass is 16.6. The van der Waals surface area contributed by atoms with E-state index in [2.05, 4.69) is 10.9 Å². The van der Waals surface area contributed by atoms with Crippen molar-refractivity contribution in [3.05, 3.63) is 39.9 Å². The van der Waals surface area contributed by atoms with Crippen molar-refractivity contribution < 1.29 is 19.6 Å². The quantitative estimate of drug-likeness (QED) is 0.551. The fourth-order valence-corrected chi connectivity index (χ4v) is 5.95. The van der Waals surface area contributed by atoms with Crippen molar-refractivity contribution >= 4 is 17.5 Å². The van der Waals surface area contributed by atoms with Crippen LogP contribution in [-0.2, 0) is 4.79 Å². The molecule has 1 aromatic rings. The van der Waals surface area contributed by atoms with E-state index in [9.17, 15) is 24.8 Å². The second-order valence-electron chi connectivity index (χ2n) is 8.67. The van der Waals surface area contributed by atoms with Crippen molar-refractivity contribution in [1.82, 2.24) is 10.9 Å². The number of non-ortho nitro benzene ring substituents is 1. The third-order valence-electron chi connectivity index (χ3n) is 6.32. The van der Waals surface area contributed by atoms with Gasteiger partial charge in [0.15, 0.2) is 0 Å². The Bertz CT molecular complexity index is 794. The third kappa shape index (κ3) is 3.53. The van der Waals surface area contributed by atoms with Crippen molar-refractivity contribution in [1.29, 1.82) is 0 Å². The van der Waals surface area contributed by atoms with Gasteiger partial charge in [-0.05, 0) is 61.8 Å². The van der Waals surface area contributed by atoms with E-state index in [4.69, 9.17) is 0 Å². The molecule has 0 heterocycles. The molecule has 4 aliphatic carbocycles. The highest BCUT2D eigenvalue weighted by Crippen LogP contribution is 2.62. The smallest absolute Gasteiger partial charge is 0.270 e. The Hall–Kier alpha value is -2.48. The molecule has 4 saturated carbocycles. The summed E-state index contributed by atoms with van der Waals surface area (Å²) in [7, 11) is 0. The number of benzene rings is 1. The van der Waals surface area contributed by atoms with Crippen molar-refractivity contribution in [3.63, 3.8) is 0 Å². The molecule has 144 valence electrons. The predicted octanol–water partition coefficient (Wildman–Crippen LogP) is 2.08. The molecule has 4 aliphatic rings. The standard InChI is InChI=1S/C19H23N3O5/c23-16(20-21-17(24)14-2-1-3-15(5-14)22(26)27)10-18-6-12-4-13(7-18)9-19(25,8-12)11-18/h1-3,5,12-13,25H,4,6-11H2,(H,20,23)(H,21,24)/t12-,13-,18?,19?/m1/s1. The third-order valence-corrected chi connectivity index (χ3v) is 6.32. The van der Waals surface area contributed by atoms with E-state index in [1.165, 1.54) is 18.2 Å². The molecule has 2 atom stereocenters. The van der Waals surface area contributed by atoms with E-state index in [1.807, 2.05) is 0 Å². The number of hydrogen-bond acceptors (Lipinski definition) is 5. The molecular weight excluding hydrogens is 350 g/mol. The van der Waals surface area contributed by atoms with Crippen molar-refractivity contribution in [3.8, 4) is 0 Å². The predicted molar refractivity (Wildman–Crippen MR) is 95.4 cm³/mol. The Kier molecular flexibility index (Phi) is 4.18. The van der Waals surface area contributed by atoms with Crippen LogP contribution in [0.5, 0.6) is 0 Å². The van der Waals surface area contributed by atoms with E-state index in [0.29, 0.717) is 18.3 Å². The van der Waals surface area contributed by atoms with E-state index >= 15 is 0 Å². The highest BCUT2D eigenvalue weighted by Gasteiger charge is 2.57. The van der Waals surface area contributed by atoms with Crippen LogP contribution in [0.1, 0.15) is 55.3 Å². The SMILES string of the molecule is O=C(CC12C[C@H]3C[C@@H](CC(O)(C3)C1)C2)NNC(=O)c1cccc([N+](=O)[O-])c1. The van der Waals surface area contributed by atoms with Crippen LogP contribution in [0.3, 0.4) is 0 Å². The van der Waals surface area contributed by atoms with Crippen molar-refractivity contribution in [2.45, 2.75) is 50.5 Å². The zero-order valence-corrected chi connectivity index (χ0v) is 14.9. The average Bonchev–Trinajstić information content (AvgIpc) is 2.57. The topological polar surface area (TPSA) is 122 Å². The van der Waals surface area contributed by atoms with Gasteiger partial charge >= 0.3 is 0 Å². The van der Waals surface area contributed by atoms with E-state index < -0.39 is 16.4 Å². The average molecular weight is 373 g/mol. The summed E-state index contributed by atoms with van der Waals surface area (Å²) in [6.07, 6.45) is 5.68. The van der Waals surface area contributed by atoms with Gasteiger partial charge in [0.25, 0.3) is 11.6 Å². The maximum atomic E-state index is 12.4. The minimum absolute atomic E-state index is 0.105. The molecule has 8 nitrogen and oxygen atoms in total. The molecule has 3 N–H and O–H groups in total. The molecule has 0 unspecified atom stereocenters. The summed E-state index contributed by atoms with van der Waals surface area (Å²) in [5, 5.41) is 21.6. The number of nitro benzene ring substituents is 1. The van der Waals surface area contributed by atoms with E-state index in [0.717, 1.165) is 38.2 Å². The molecule has 0 saturated heterocycles. The lowest BCUT2D eigenvalue weighted by atomic mass is 9.47. The minimum Gasteiger partial charge on any atom is -0.390 e. The largest absolute Gasteiger partial charge is 0.390 e. The maximum absolute atomic E-state index is 12.4. The second-order valence-corrected chi connectivity index (χ2v) is 8.67. The fraction of sp³-hybridized carbons (Fsp3) is 0.579. The van der Waals surface area contributed by atoms with Gasteiger partial charge < -0.3 is 5.11 Å². The normalized spacial score (nSPS) is 33.5. The zero-order chi connectivity index (χ0) is 19.2. The lowest BCUT2D eigenvalue weighted by Crippen LogP contribution is -2.57. The summed E-state index contributed by atoms with van der Waals surface area (Å²) in [6.45, 7) is 0. The van der Waals surface area contributed by atoms with Crippen LogP contribution in [0.25, 0.3) is 0 Å². The minimum atomic E-state index is -0.628. The summed E-state index contributed by atoms with van der Waals surface area (Å²) in [5.74, 6) is 0.0857. The van der Waals surface area contributed by atoms with Gasteiger partial charge in [-0.1, -0.05) is 6.07 Å². The van der Waals surface area contributed by atoms with E-state index in [1.54, 1.807) is 0 Å². The number of amides is 2. The van der Waals surface area contributed by atoms with Gasteiger partial charge in [-0.25, -0.2) is 0 Å². The molecule has 4 bridgehead atoms. The zero-order valence-electron chi connectivity index (χ0n) is 14.9. The number of aliphatic hydroxyl groups is 1. The van der Waals surface area contributed by atoms with Gasteiger partial charge in [0, 0.05) is 24.1 Å². The van der Waals surface area contributed by atoms with Gasteiger partial charge in [0.2, 0.25) is 5.91 Å². The van der Waals surface area contributed by atoms with Crippen LogP contribution < -0.4 is 10.9 Å². The molecule has 0 aliphatic heterocycles. The van der Waals surface area contributed by atoms with Crippen LogP contribution in [-0.4, -0.2) is 27.4 Å². The van der Waals surface area contributed by atoms with Crippen LogP contribution in [0.2, 0.25) is 0 Å². The first-order valence-corrected chi connectivity index (χ1v) is 9.32. The molecule has 5 rings (SSSR count). The van der Waals surface area contributed by atoms with Crippen LogP contribution in [0.4, 0.5) is 5.69 Å². The first kappa shape index (κ1) is 17.9. The number of nitrogens with one attached hydrogen (secondary N) is 2. The van der Waals surface area contributed by atoms with Crippen molar-refractivity contribution in [2.75, 3.05) is 0 Å². The molecule has 8 heteroatoms. The van der Waals surface area contributed by atoms with Gasteiger partial charge in [-0.2, -0.15) is 0 Å². The number of nitrogens with zero attached hydrogens (tertiary/aromatic N) is 1. The lowest BCUT2D eigenvalue weighted by Gasteiger charge is -2.60. The summed E-state index contributed by atoms with van der Waals surface area (Å²) >= 11 is 0. The number of carbonyl (C=O) groups excluding carboxylic acids is 2. The van der Waals surface area contributed by atoms with Crippen LogP contribution >= 0.6 is 0 Å². The van der Waals surface area contributed by atoms with Gasteiger partial charge in [-0.15, -0.1) is 0 Å². The van der Waals surface area contributed by atoms with Gasteiger partial charge in [0.1, 0.15) is 0 Å². The Morgan fingerprint density at radius 2 is 1.89 bits per heavy atom. The maximum Gasteiger partial charge on any atom is 0.270 e. The molecule has 4 fully saturated rings. The van der Waals surface area contributed by atoms with Gasteiger partial charge in [-0.3, -0.25) is 30.6 Å². The molecular formula is C19H23N3O5. The number of carbonyl (C=O) groups is 2. The summed E-state index contributed by atoms with van der Waals surface area (Å²) in [6, 6.07) is 5.33. The molecule has 0 aromatic heterocycles. The number of nitro groups is 1. The van der Waals surface area contributed by atoms with Crippen LogP contribution in [0.15, 0.2) is 24.3 Å². The van der Waals surface area contributed by atoms with E-state index in [-0.39, 0.29) is 29.0 Å². The molecule has 2 amide bonds. The number of rotatable bonds is 4. The Labute approximate surface area is 156 Å². The number of hydrogen-bond donors (Lipinski definition) is 3. The van der Waals surface area contributed by atoms with Crippen molar-refractivity contribution in [2.24, 2.45) is 17.3 Å². The second kappa shape index (κ2) is 6.30. The number of hydrazine groups is 1. The molecule has 1 aromatic carbocycles. The Morgan fingerprint density at radius 3 is 2.52 bits per heavy atom. The lowest BCUT2D eigenvalue weighted by molar-refractivity contribution is -0.384. The summed E-state index contributed by atoms with van der Waals surface area (Å²) < 4.78 is 0. The van der Waals surface area contributed by atoms with Gasteiger partial charge in [0.05, 0.1) is 10.5 Å². The van der Waals surface area contributed by atoms with Crippen LogP contribution in [0, 0.1) is 27.4 Å². The monoisotopic (exact) mass is 373 g/mol. The Morgan fingerprint density at radius 1 is 1.19 bits per heavy atom. The fourth-order valence-electron chi connectivity index (χ4n) is 5.95. The summed E-state index contributed by atoms with van der Waals surface area (Å²) in [5.41, 5.74) is 3.87. The first-order chi connectivity index (χ1) is 12.8. The molecule has 27 heavy (non-hydrogen) atoms. The molecule has 0 radical (unpaired) electrons. The highest BCUT2D eigenvalue weighted by molar-refractivity contribution is 5.95. The Balaban J connectivity index is 1.36.